The molecule has 2 heterocycles. The lowest BCUT2D eigenvalue weighted by molar-refractivity contribution is -0.130. The summed E-state index contributed by atoms with van der Waals surface area (Å²) in [4.78, 5) is 29.9. The third-order valence-corrected chi connectivity index (χ3v) is 4.92. The fraction of sp³-hybridized carbons (Fsp3) is 0.867. The number of amides is 2. The molecule has 1 atom stereocenters. The monoisotopic (exact) mass is 296 g/mol. The first-order valence-electron chi connectivity index (χ1n) is 8.02. The maximum Gasteiger partial charge on any atom is 0.223 e. The fourth-order valence-corrected chi connectivity index (χ4v) is 3.44. The number of hydrogen-bond donors (Lipinski definition) is 1. The second kappa shape index (κ2) is 7.22. The van der Waals surface area contributed by atoms with Gasteiger partial charge in [-0.15, -0.1) is 0 Å². The van der Waals surface area contributed by atoms with Gasteiger partial charge < -0.3 is 15.5 Å². The largest absolute Gasteiger partial charge is 0.369 e. The van der Waals surface area contributed by atoms with Crippen molar-refractivity contribution < 1.29 is 9.59 Å². The number of hydrogen-bond acceptors (Lipinski definition) is 4. The van der Waals surface area contributed by atoms with Gasteiger partial charge in [0.1, 0.15) is 0 Å². The Kier molecular flexibility index (Phi) is 5.58. The number of primary amides is 1. The number of rotatable bonds is 3. The van der Waals surface area contributed by atoms with Crippen molar-refractivity contribution in [3.05, 3.63) is 0 Å². The first-order valence-corrected chi connectivity index (χ1v) is 8.02. The van der Waals surface area contributed by atoms with Gasteiger partial charge in [-0.05, 0) is 32.5 Å². The van der Waals surface area contributed by atoms with Crippen molar-refractivity contribution in [2.24, 2.45) is 11.7 Å². The van der Waals surface area contributed by atoms with Crippen LogP contribution in [0.4, 0.5) is 0 Å². The van der Waals surface area contributed by atoms with Crippen molar-refractivity contribution in [1.29, 1.82) is 0 Å². The Hall–Kier alpha value is -1.14. The summed E-state index contributed by atoms with van der Waals surface area (Å²) >= 11 is 0. The van der Waals surface area contributed by atoms with Gasteiger partial charge in [-0.3, -0.25) is 14.5 Å². The van der Waals surface area contributed by atoms with E-state index in [1.807, 2.05) is 0 Å². The van der Waals surface area contributed by atoms with Crippen molar-refractivity contribution in [3.63, 3.8) is 0 Å². The van der Waals surface area contributed by atoms with Crippen LogP contribution in [0.1, 0.15) is 26.7 Å². The van der Waals surface area contributed by atoms with E-state index >= 15 is 0 Å². The molecule has 120 valence electrons. The maximum absolute atomic E-state index is 11.7. The molecule has 0 unspecified atom stereocenters. The smallest absolute Gasteiger partial charge is 0.223 e. The average Bonchev–Trinajstić information content (AvgIpc) is 2.70. The summed E-state index contributed by atoms with van der Waals surface area (Å²) < 4.78 is 0. The molecule has 0 radical (unpaired) electrons. The Labute approximate surface area is 127 Å². The maximum atomic E-state index is 11.7. The molecule has 0 aromatic rings. The van der Waals surface area contributed by atoms with Crippen molar-refractivity contribution in [1.82, 2.24) is 14.7 Å². The molecule has 2 rings (SSSR count). The zero-order valence-corrected chi connectivity index (χ0v) is 13.3. The third kappa shape index (κ3) is 4.17. The summed E-state index contributed by atoms with van der Waals surface area (Å²) in [6.07, 6.45) is 2.28. The lowest BCUT2D eigenvalue weighted by Crippen LogP contribution is -2.47. The molecule has 2 saturated heterocycles. The Morgan fingerprint density at radius 3 is 2.29 bits per heavy atom. The SMILES string of the molecule is CCN1CCC(N2CCN(C(C)=O)C[C@H](C(N)=O)C2)CC1. The molecule has 0 aromatic heterocycles. The minimum atomic E-state index is -0.292. The summed E-state index contributed by atoms with van der Waals surface area (Å²) in [5.41, 5.74) is 5.52. The van der Waals surface area contributed by atoms with Gasteiger partial charge in [0.25, 0.3) is 0 Å². The molecule has 6 nitrogen and oxygen atoms in total. The van der Waals surface area contributed by atoms with Gasteiger partial charge in [-0.25, -0.2) is 0 Å². The average molecular weight is 296 g/mol. The van der Waals surface area contributed by atoms with E-state index in [1.165, 1.54) is 0 Å². The minimum absolute atomic E-state index is 0.0314. The van der Waals surface area contributed by atoms with Crippen LogP contribution in [-0.4, -0.2) is 78.4 Å². The third-order valence-electron chi connectivity index (χ3n) is 4.92. The van der Waals surface area contributed by atoms with Gasteiger partial charge >= 0.3 is 0 Å². The number of nitrogens with two attached hydrogens (primary N) is 1. The van der Waals surface area contributed by atoms with Crippen LogP contribution in [0.15, 0.2) is 0 Å². The van der Waals surface area contributed by atoms with Gasteiger partial charge in [0.2, 0.25) is 11.8 Å². The molecule has 2 aliphatic rings. The van der Waals surface area contributed by atoms with Crippen molar-refractivity contribution in [3.8, 4) is 0 Å². The molecular weight excluding hydrogens is 268 g/mol. The number of carbonyl (C=O) groups is 2. The molecule has 0 aliphatic carbocycles. The van der Waals surface area contributed by atoms with Crippen LogP contribution in [0.3, 0.4) is 0 Å². The molecule has 2 aliphatic heterocycles. The Morgan fingerprint density at radius 2 is 1.76 bits per heavy atom. The van der Waals surface area contributed by atoms with E-state index in [9.17, 15) is 9.59 Å². The quantitative estimate of drug-likeness (QED) is 0.779. The second-order valence-electron chi connectivity index (χ2n) is 6.22. The molecule has 0 spiro atoms. The van der Waals surface area contributed by atoms with Gasteiger partial charge in [0.05, 0.1) is 5.92 Å². The first-order chi connectivity index (χ1) is 10.0. The summed E-state index contributed by atoms with van der Waals surface area (Å²) in [5, 5.41) is 0. The summed E-state index contributed by atoms with van der Waals surface area (Å²) in [6.45, 7) is 9.81. The molecule has 0 aromatic carbocycles. The van der Waals surface area contributed by atoms with E-state index < -0.39 is 0 Å². The van der Waals surface area contributed by atoms with Gasteiger partial charge in [-0.2, -0.15) is 0 Å². The van der Waals surface area contributed by atoms with Crippen LogP contribution in [0.25, 0.3) is 0 Å². The highest BCUT2D eigenvalue weighted by Crippen LogP contribution is 2.20. The molecule has 6 heteroatoms. The van der Waals surface area contributed by atoms with E-state index in [1.54, 1.807) is 11.8 Å². The predicted octanol–water partition coefficient (Wildman–Crippen LogP) is -0.264. The summed E-state index contributed by atoms with van der Waals surface area (Å²) in [6, 6.07) is 0.515. The highest BCUT2D eigenvalue weighted by molar-refractivity contribution is 5.79. The molecular formula is C15H28N4O2. The molecule has 0 bridgehead atoms. The standard InChI is InChI=1S/C15H28N4O2/c1-3-17-6-4-14(5-7-17)19-9-8-18(12(2)20)10-13(11-19)15(16)21/h13-14H,3-11H2,1-2H3,(H2,16,21)/t13-/m0/s1. The Morgan fingerprint density at radius 1 is 1.10 bits per heavy atom. The minimum Gasteiger partial charge on any atom is -0.369 e. The molecule has 2 fully saturated rings. The van der Waals surface area contributed by atoms with Gasteiger partial charge in [-0.1, -0.05) is 6.92 Å². The van der Waals surface area contributed by atoms with Crippen molar-refractivity contribution in [2.75, 3.05) is 45.8 Å². The van der Waals surface area contributed by atoms with Crippen LogP contribution in [0, 0.1) is 5.92 Å². The number of nitrogens with zero attached hydrogens (tertiary/aromatic N) is 3. The van der Waals surface area contributed by atoms with E-state index in [0.717, 1.165) is 39.0 Å². The van der Waals surface area contributed by atoms with E-state index in [0.29, 0.717) is 25.7 Å². The highest BCUT2D eigenvalue weighted by Gasteiger charge is 2.32. The van der Waals surface area contributed by atoms with E-state index in [4.69, 9.17) is 5.73 Å². The van der Waals surface area contributed by atoms with Crippen LogP contribution < -0.4 is 5.73 Å². The molecule has 21 heavy (non-hydrogen) atoms. The second-order valence-corrected chi connectivity index (χ2v) is 6.22. The van der Waals surface area contributed by atoms with Gasteiger partial charge in [0.15, 0.2) is 0 Å². The van der Waals surface area contributed by atoms with Crippen molar-refractivity contribution >= 4 is 11.8 Å². The van der Waals surface area contributed by atoms with E-state index in [-0.39, 0.29) is 17.7 Å². The first kappa shape index (κ1) is 16.2. The lowest BCUT2D eigenvalue weighted by atomic mass is 10.0. The zero-order valence-electron chi connectivity index (χ0n) is 13.3. The molecule has 0 saturated carbocycles. The van der Waals surface area contributed by atoms with Gasteiger partial charge in [0, 0.05) is 39.1 Å². The number of piperidine rings is 1. The van der Waals surface area contributed by atoms with Crippen LogP contribution >= 0.6 is 0 Å². The lowest BCUT2D eigenvalue weighted by Gasteiger charge is -2.38. The summed E-state index contributed by atoms with van der Waals surface area (Å²) in [7, 11) is 0. The molecule has 2 N–H and O–H groups in total. The normalized spacial score (nSPS) is 26.6. The highest BCUT2D eigenvalue weighted by atomic mass is 16.2. The topological polar surface area (TPSA) is 69.9 Å². The number of carbonyl (C=O) groups excluding carboxylic acids is 2. The zero-order chi connectivity index (χ0) is 15.4. The molecule has 2 amide bonds. The fourth-order valence-electron chi connectivity index (χ4n) is 3.44. The predicted molar refractivity (Wildman–Crippen MR) is 81.6 cm³/mol. The Balaban J connectivity index is 1.99. The van der Waals surface area contributed by atoms with Crippen LogP contribution in [0.5, 0.6) is 0 Å². The van der Waals surface area contributed by atoms with Crippen LogP contribution in [0.2, 0.25) is 0 Å². The number of likely N-dealkylation sites (tertiary alicyclic amines) is 1. The summed E-state index contributed by atoms with van der Waals surface area (Å²) in [5.74, 6) is -0.511. The van der Waals surface area contributed by atoms with E-state index in [2.05, 4.69) is 16.7 Å². The Bertz CT molecular complexity index is 380. The van der Waals surface area contributed by atoms with Crippen LogP contribution in [-0.2, 0) is 9.59 Å². The van der Waals surface area contributed by atoms with Crippen molar-refractivity contribution in [2.45, 2.75) is 32.7 Å².